The molecule has 0 aromatic carbocycles. The molecular formula is C16H29NO5. The second-order valence-electron chi connectivity index (χ2n) is 7.36. The molecule has 1 heterocycles. The van der Waals surface area contributed by atoms with Gasteiger partial charge in [-0.25, -0.2) is 9.69 Å². The maximum atomic E-state index is 12.2. The van der Waals surface area contributed by atoms with Crippen molar-refractivity contribution in [3.8, 4) is 0 Å². The molecule has 3 atom stereocenters. The van der Waals surface area contributed by atoms with E-state index in [1.54, 1.807) is 7.11 Å². The number of hydrogen-bond acceptors (Lipinski definition) is 5. The summed E-state index contributed by atoms with van der Waals surface area (Å²) >= 11 is 0. The molecule has 1 saturated heterocycles. The lowest BCUT2D eigenvalue weighted by molar-refractivity contribution is -0.177. The average molecular weight is 315 g/mol. The van der Waals surface area contributed by atoms with Crippen LogP contribution in [0, 0.1) is 11.3 Å². The minimum atomic E-state index is -0.597. The Hall–Kier alpha value is -1.14. The normalized spacial score (nSPS) is 23.5. The molecule has 0 radical (unpaired) electrons. The Morgan fingerprint density at radius 2 is 1.86 bits per heavy atom. The van der Waals surface area contributed by atoms with Crippen LogP contribution in [0.2, 0.25) is 0 Å². The summed E-state index contributed by atoms with van der Waals surface area (Å²) in [5.74, 6) is -0.233. The maximum Gasteiger partial charge on any atom is 0.416 e. The zero-order chi connectivity index (χ0) is 17.1. The number of carbonyl (C=O) groups excluding carboxylic acids is 2. The van der Waals surface area contributed by atoms with E-state index >= 15 is 0 Å². The molecule has 3 unspecified atom stereocenters. The van der Waals surface area contributed by atoms with Crippen LogP contribution in [0.4, 0.5) is 4.79 Å². The van der Waals surface area contributed by atoms with Gasteiger partial charge in [-0.3, -0.25) is 4.79 Å². The van der Waals surface area contributed by atoms with Crippen LogP contribution in [-0.4, -0.2) is 55.5 Å². The summed E-state index contributed by atoms with van der Waals surface area (Å²) in [7, 11) is 1.59. The summed E-state index contributed by atoms with van der Waals surface area (Å²) in [6.07, 6.45) is -1.28. The number of carbonyl (C=O) groups is 2. The first-order chi connectivity index (χ1) is 10.1. The lowest BCUT2D eigenvalue weighted by Crippen LogP contribution is -2.69. The number of likely N-dealkylation sites (tertiary alicyclic amines) is 1. The van der Waals surface area contributed by atoms with Gasteiger partial charge in [-0.05, 0) is 18.3 Å². The van der Waals surface area contributed by atoms with Crippen LogP contribution in [0.25, 0.3) is 0 Å². The van der Waals surface area contributed by atoms with Crippen molar-refractivity contribution in [1.29, 1.82) is 0 Å². The SMILES string of the molecule is COC(C)COC1C(=O)N(C(=O)OCC(C)(C)C)C1C(C)C. The third-order valence-corrected chi connectivity index (χ3v) is 3.51. The summed E-state index contributed by atoms with van der Waals surface area (Å²) in [5.41, 5.74) is -0.138. The zero-order valence-corrected chi connectivity index (χ0v) is 14.7. The van der Waals surface area contributed by atoms with Gasteiger partial charge in [0.1, 0.15) is 0 Å². The topological polar surface area (TPSA) is 65.1 Å². The van der Waals surface area contributed by atoms with Crippen LogP contribution < -0.4 is 0 Å². The van der Waals surface area contributed by atoms with Crippen molar-refractivity contribution in [3.05, 3.63) is 0 Å². The van der Waals surface area contributed by atoms with Crippen molar-refractivity contribution < 1.29 is 23.8 Å². The number of β-lactam (4-membered cyclic amide) rings is 1. The number of nitrogens with zero attached hydrogens (tertiary/aromatic N) is 1. The van der Waals surface area contributed by atoms with Crippen LogP contribution in [-0.2, 0) is 19.0 Å². The molecule has 1 fully saturated rings. The first-order valence-corrected chi connectivity index (χ1v) is 7.72. The molecule has 6 heteroatoms. The monoisotopic (exact) mass is 315 g/mol. The van der Waals surface area contributed by atoms with E-state index in [9.17, 15) is 9.59 Å². The molecule has 128 valence electrons. The Morgan fingerprint density at radius 1 is 1.27 bits per heavy atom. The van der Waals surface area contributed by atoms with E-state index in [-0.39, 0.29) is 36.0 Å². The van der Waals surface area contributed by atoms with Gasteiger partial charge in [0.05, 0.1) is 25.4 Å². The Labute approximate surface area is 133 Å². The Kier molecular flexibility index (Phi) is 6.38. The molecule has 0 aromatic rings. The second kappa shape index (κ2) is 7.42. The van der Waals surface area contributed by atoms with Gasteiger partial charge >= 0.3 is 6.09 Å². The van der Waals surface area contributed by atoms with E-state index in [1.807, 2.05) is 41.5 Å². The minimum absolute atomic E-state index is 0.0949. The van der Waals surface area contributed by atoms with Crippen LogP contribution in [0.5, 0.6) is 0 Å². The molecule has 22 heavy (non-hydrogen) atoms. The number of ether oxygens (including phenoxy) is 3. The molecule has 0 bridgehead atoms. The van der Waals surface area contributed by atoms with Crippen molar-refractivity contribution in [2.45, 2.75) is 59.8 Å². The summed E-state index contributed by atoms with van der Waals surface area (Å²) in [5, 5.41) is 0. The van der Waals surface area contributed by atoms with Gasteiger partial charge in [0.2, 0.25) is 0 Å². The van der Waals surface area contributed by atoms with Crippen LogP contribution >= 0.6 is 0 Å². The van der Waals surface area contributed by atoms with E-state index < -0.39 is 12.2 Å². The van der Waals surface area contributed by atoms with Crippen LogP contribution in [0.3, 0.4) is 0 Å². The van der Waals surface area contributed by atoms with Crippen LogP contribution in [0.15, 0.2) is 0 Å². The van der Waals surface area contributed by atoms with E-state index in [4.69, 9.17) is 14.2 Å². The third kappa shape index (κ3) is 4.68. The highest BCUT2D eigenvalue weighted by molar-refractivity contribution is 6.01. The lowest BCUT2D eigenvalue weighted by Gasteiger charge is -2.46. The van der Waals surface area contributed by atoms with Crippen molar-refractivity contribution in [1.82, 2.24) is 4.90 Å². The molecule has 0 aromatic heterocycles. The van der Waals surface area contributed by atoms with E-state index in [1.165, 1.54) is 4.90 Å². The zero-order valence-electron chi connectivity index (χ0n) is 14.7. The highest BCUT2D eigenvalue weighted by Crippen LogP contribution is 2.30. The smallest absolute Gasteiger partial charge is 0.416 e. The minimum Gasteiger partial charge on any atom is -0.449 e. The largest absolute Gasteiger partial charge is 0.449 e. The van der Waals surface area contributed by atoms with Gasteiger partial charge in [0, 0.05) is 7.11 Å². The molecule has 1 aliphatic rings. The Bertz CT molecular complexity index is 402. The fourth-order valence-electron chi connectivity index (χ4n) is 2.17. The van der Waals surface area contributed by atoms with Crippen LogP contribution in [0.1, 0.15) is 41.5 Å². The first kappa shape index (κ1) is 18.9. The Balaban J connectivity index is 2.65. The fourth-order valence-corrected chi connectivity index (χ4v) is 2.17. The van der Waals surface area contributed by atoms with Crippen molar-refractivity contribution in [2.24, 2.45) is 11.3 Å². The molecule has 0 N–H and O–H groups in total. The molecule has 6 nitrogen and oxygen atoms in total. The molecule has 0 saturated carbocycles. The molecular weight excluding hydrogens is 286 g/mol. The first-order valence-electron chi connectivity index (χ1n) is 7.72. The van der Waals surface area contributed by atoms with Gasteiger partial charge in [0.15, 0.2) is 6.10 Å². The van der Waals surface area contributed by atoms with Gasteiger partial charge in [-0.1, -0.05) is 34.6 Å². The number of rotatable bonds is 6. The second-order valence-corrected chi connectivity index (χ2v) is 7.36. The van der Waals surface area contributed by atoms with Gasteiger partial charge < -0.3 is 14.2 Å². The highest BCUT2D eigenvalue weighted by atomic mass is 16.6. The fraction of sp³-hybridized carbons (Fsp3) is 0.875. The predicted molar refractivity (Wildman–Crippen MR) is 82.5 cm³/mol. The van der Waals surface area contributed by atoms with E-state index in [2.05, 4.69) is 0 Å². The predicted octanol–water partition coefficient (Wildman–Crippen LogP) is 2.46. The summed E-state index contributed by atoms with van der Waals surface area (Å²) < 4.78 is 16.0. The summed E-state index contributed by atoms with van der Waals surface area (Å²) in [4.78, 5) is 25.5. The molecule has 1 rings (SSSR count). The standard InChI is InChI=1S/C16H29NO5/c1-10(2)12-13(21-8-11(3)20-7)14(18)17(12)15(19)22-9-16(4,5)6/h10-13H,8-9H2,1-7H3. The van der Waals surface area contributed by atoms with Gasteiger partial charge in [-0.15, -0.1) is 0 Å². The van der Waals surface area contributed by atoms with Gasteiger partial charge in [0.25, 0.3) is 5.91 Å². The van der Waals surface area contributed by atoms with E-state index in [0.717, 1.165) is 0 Å². The molecule has 0 aliphatic carbocycles. The van der Waals surface area contributed by atoms with E-state index in [0.29, 0.717) is 6.61 Å². The van der Waals surface area contributed by atoms with Crippen molar-refractivity contribution >= 4 is 12.0 Å². The third-order valence-electron chi connectivity index (χ3n) is 3.51. The Morgan fingerprint density at radius 3 is 2.32 bits per heavy atom. The average Bonchev–Trinajstić information content (AvgIpc) is 2.40. The van der Waals surface area contributed by atoms with Gasteiger partial charge in [-0.2, -0.15) is 0 Å². The number of methoxy groups -OCH3 is 1. The van der Waals surface area contributed by atoms with Crippen molar-refractivity contribution in [3.63, 3.8) is 0 Å². The molecule has 0 spiro atoms. The lowest BCUT2D eigenvalue weighted by atomic mass is 9.88. The maximum absolute atomic E-state index is 12.2. The molecule has 1 aliphatic heterocycles. The number of hydrogen-bond donors (Lipinski definition) is 0. The van der Waals surface area contributed by atoms with Crippen molar-refractivity contribution in [2.75, 3.05) is 20.3 Å². The summed E-state index contributed by atoms with van der Waals surface area (Å²) in [6, 6.07) is -0.288. The summed E-state index contributed by atoms with van der Waals surface area (Å²) in [6.45, 7) is 12.3. The molecule has 2 amide bonds. The number of amides is 2. The highest BCUT2D eigenvalue weighted by Gasteiger charge is 2.54. The number of imide groups is 1. The quantitative estimate of drug-likeness (QED) is 0.704.